The first-order valence-corrected chi connectivity index (χ1v) is 3.61. The van der Waals surface area contributed by atoms with Gasteiger partial charge in [-0.15, -0.1) is 0 Å². The maximum absolute atomic E-state index is 10.8. The number of aromatic nitrogens is 1. The van der Waals surface area contributed by atoms with Gasteiger partial charge in [0.05, 0.1) is 5.69 Å². The summed E-state index contributed by atoms with van der Waals surface area (Å²) in [6.07, 6.45) is 1.54. The Kier molecular flexibility index (Phi) is 2.13. The lowest BCUT2D eigenvalue weighted by Crippen LogP contribution is -2.29. The van der Waals surface area contributed by atoms with E-state index in [1.807, 2.05) is 0 Å². The summed E-state index contributed by atoms with van der Waals surface area (Å²) in [5, 5.41) is 8.84. The van der Waals surface area contributed by atoms with Crippen molar-refractivity contribution >= 4 is 5.97 Å². The molecule has 1 radical (unpaired) electrons. The number of nitrogens with zero attached hydrogens (tertiary/aromatic N) is 1. The number of carboxylic acids is 1. The monoisotopic (exact) mass is 164 g/mol. The summed E-state index contributed by atoms with van der Waals surface area (Å²) in [5.74, 6) is -0.880. The van der Waals surface area contributed by atoms with Crippen LogP contribution in [0.25, 0.3) is 0 Å². The average molecular weight is 164 g/mol. The van der Waals surface area contributed by atoms with Crippen molar-refractivity contribution < 1.29 is 9.90 Å². The fourth-order valence-electron chi connectivity index (χ4n) is 0.776. The van der Waals surface area contributed by atoms with Gasteiger partial charge in [0, 0.05) is 6.20 Å². The molecule has 0 aliphatic rings. The fraction of sp³-hybridized carbons (Fsp3) is 0.333. The number of aliphatic carboxylic acids is 1. The number of rotatable bonds is 2. The van der Waals surface area contributed by atoms with E-state index in [4.69, 9.17) is 5.11 Å². The van der Waals surface area contributed by atoms with Crippen LogP contribution >= 0.6 is 0 Å². The summed E-state index contributed by atoms with van der Waals surface area (Å²) in [7, 11) is 0. The van der Waals surface area contributed by atoms with E-state index in [1.165, 1.54) is 0 Å². The Labute approximate surface area is 71.1 Å². The van der Waals surface area contributed by atoms with E-state index >= 15 is 0 Å². The van der Waals surface area contributed by atoms with Crippen molar-refractivity contribution in [2.24, 2.45) is 0 Å². The van der Waals surface area contributed by atoms with Crippen molar-refractivity contribution in [1.82, 2.24) is 4.98 Å². The van der Waals surface area contributed by atoms with Gasteiger partial charge in [-0.3, -0.25) is 9.78 Å². The third-order valence-electron chi connectivity index (χ3n) is 1.78. The second-order valence-corrected chi connectivity index (χ2v) is 3.07. The molecule has 1 rings (SSSR count). The molecule has 0 saturated carbocycles. The Balaban J connectivity index is 3.06. The highest BCUT2D eigenvalue weighted by molar-refractivity contribution is 5.79. The van der Waals surface area contributed by atoms with Crippen LogP contribution in [-0.2, 0) is 10.2 Å². The van der Waals surface area contributed by atoms with Crippen molar-refractivity contribution in [3.05, 3.63) is 30.1 Å². The SMILES string of the molecule is CC(C)(C(=O)O)c1c[c]ccn1. The number of pyridine rings is 1. The Morgan fingerprint density at radius 2 is 2.33 bits per heavy atom. The molecule has 0 aliphatic heterocycles. The molecule has 3 heteroatoms. The lowest BCUT2D eigenvalue weighted by Gasteiger charge is -2.17. The molecule has 1 N–H and O–H groups in total. The minimum Gasteiger partial charge on any atom is -0.481 e. The highest BCUT2D eigenvalue weighted by Gasteiger charge is 2.30. The van der Waals surface area contributed by atoms with Crippen LogP contribution in [0.15, 0.2) is 18.3 Å². The minimum absolute atomic E-state index is 0.525. The number of hydrogen-bond donors (Lipinski definition) is 1. The van der Waals surface area contributed by atoms with E-state index in [0.29, 0.717) is 5.69 Å². The Bertz CT molecular complexity index is 280. The fourth-order valence-corrected chi connectivity index (χ4v) is 0.776. The van der Waals surface area contributed by atoms with Gasteiger partial charge in [-0.05, 0) is 32.0 Å². The first-order valence-electron chi connectivity index (χ1n) is 3.61. The minimum atomic E-state index is -0.933. The number of carbonyl (C=O) groups is 1. The summed E-state index contributed by atoms with van der Waals surface area (Å²) >= 11 is 0. The molecule has 0 saturated heterocycles. The van der Waals surface area contributed by atoms with Crippen LogP contribution in [0.1, 0.15) is 19.5 Å². The van der Waals surface area contributed by atoms with Gasteiger partial charge in [0.1, 0.15) is 5.41 Å². The molecule has 0 bridgehead atoms. The second-order valence-electron chi connectivity index (χ2n) is 3.07. The van der Waals surface area contributed by atoms with E-state index in [2.05, 4.69) is 11.1 Å². The molecule has 0 spiro atoms. The molecule has 1 aromatic heterocycles. The van der Waals surface area contributed by atoms with E-state index in [-0.39, 0.29) is 0 Å². The zero-order valence-corrected chi connectivity index (χ0v) is 7.03. The molecule has 0 aromatic carbocycles. The standard InChI is InChI=1S/C9H10NO2/c1-9(2,8(11)12)7-5-3-4-6-10-7/h4-6H,1-2H3,(H,11,12). The van der Waals surface area contributed by atoms with E-state index in [9.17, 15) is 4.79 Å². The van der Waals surface area contributed by atoms with Crippen LogP contribution in [0, 0.1) is 6.07 Å². The van der Waals surface area contributed by atoms with E-state index < -0.39 is 11.4 Å². The Hall–Kier alpha value is -1.38. The third-order valence-corrected chi connectivity index (χ3v) is 1.78. The van der Waals surface area contributed by atoms with Crippen molar-refractivity contribution in [2.45, 2.75) is 19.3 Å². The van der Waals surface area contributed by atoms with Gasteiger partial charge in [-0.25, -0.2) is 0 Å². The highest BCUT2D eigenvalue weighted by atomic mass is 16.4. The molecule has 0 amide bonds. The summed E-state index contributed by atoms with van der Waals surface area (Å²) in [6, 6.07) is 6.03. The van der Waals surface area contributed by atoms with Crippen LogP contribution in [0.5, 0.6) is 0 Å². The van der Waals surface area contributed by atoms with Gasteiger partial charge in [-0.2, -0.15) is 0 Å². The van der Waals surface area contributed by atoms with Crippen molar-refractivity contribution in [2.75, 3.05) is 0 Å². The first kappa shape index (κ1) is 8.71. The summed E-state index contributed by atoms with van der Waals surface area (Å²) in [6.45, 7) is 3.23. The quantitative estimate of drug-likeness (QED) is 0.715. The smallest absolute Gasteiger partial charge is 0.315 e. The van der Waals surface area contributed by atoms with Gasteiger partial charge in [0.25, 0.3) is 0 Å². The molecule has 3 nitrogen and oxygen atoms in total. The Morgan fingerprint density at radius 1 is 1.67 bits per heavy atom. The number of carboxylic acid groups (broad SMARTS) is 1. The van der Waals surface area contributed by atoms with Crippen LogP contribution in [-0.4, -0.2) is 16.1 Å². The van der Waals surface area contributed by atoms with E-state index in [0.717, 1.165) is 0 Å². The van der Waals surface area contributed by atoms with Gasteiger partial charge in [0.15, 0.2) is 0 Å². The summed E-state index contributed by atoms with van der Waals surface area (Å²) < 4.78 is 0. The van der Waals surface area contributed by atoms with Gasteiger partial charge in [-0.1, -0.05) is 0 Å². The maximum Gasteiger partial charge on any atom is 0.315 e. The lowest BCUT2D eigenvalue weighted by molar-refractivity contribution is -0.142. The molecule has 1 aromatic rings. The average Bonchev–Trinajstić information content (AvgIpc) is 2.06. The molecule has 63 valence electrons. The molecule has 1 heterocycles. The van der Waals surface area contributed by atoms with Crippen LogP contribution < -0.4 is 0 Å². The summed E-state index contributed by atoms with van der Waals surface area (Å²) in [5.41, 5.74) is -0.407. The van der Waals surface area contributed by atoms with Gasteiger partial charge in [0.2, 0.25) is 0 Å². The predicted octanol–water partition coefficient (Wildman–Crippen LogP) is 1.24. The molecule has 0 fully saturated rings. The molecule has 0 aliphatic carbocycles. The topological polar surface area (TPSA) is 50.2 Å². The van der Waals surface area contributed by atoms with Crippen LogP contribution in [0.4, 0.5) is 0 Å². The van der Waals surface area contributed by atoms with Gasteiger partial charge >= 0.3 is 5.97 Å². The highest BCUT2D eigenvalue weighted by Crippen LogP contribution is 2.20. The zero-order valence-electron chi connectivity index (χ0n) is 7.03. The molecular weight excluding hydrogens is 154 g/mol. The summed E-state index contributed by atoms with van der Waals surface area (Å²) in [4.78, 5) is 14.7. The third kappa shape index (κ3) is 1.44. The Morgan fingerprint density at radius 3 is 2.75 bits per heavy atom. The van der Waals surface area contributed by atoms with Crippen molar-refractivity contribution in [1.29, 1.82) is 0 Å². The maximum atomic E-state index is 10.8. The normalized spacial score (nSPS) is 11.2. The molecule has 0 unspecified atom stereocenters. The number of hydrogen-bond acceptors (Lipinski definition) is 2. The zero-order chi connectivity index (χ0) is 9.19. The first-order chi connectivity index (χ1) is 5.55. The van der Waals surface area contributed by atoms with E-state index in [1.54, 1.807) is 32.2 Å². The molecule has 12 heavy (non-hydrogen) atoms. The van der Waals surface area contributed by atoms with Gasteiger partial charge < -0.3 is 5.11 Å². The van der Waals surface area contributed by atoms with Crippen LogP contribution in [0.2, 0.25) is 0 Å². The largest absolute Gasteiger partial charge is 0.481 e. The van der Waals surface area contributed by atoms with Crippen molar-refractivity contribution in [3.8, 4) is 0 Å². The van der Waals surface area contributed by atoms with Crippen LogP contribution in [0.3, 0.4) is 0 Å². The predicted molar refractivity (Wildman–Crippen MR) is 43.7 cm³/mol. The lowest BCUT2D eigenvalue weighted by atomic mass is 9.89. The van der Waals surface area contributed by atoms with Crippen molar-refractivity contribution in [3.63, 3.8) is 0 Å². The molecular formula is C9H10NO2. The second kappa shape index (κ2) is 2.93. The molecule has 0 atom stereocenters.